The van der Waals surface area contributed by atoms with Gasteiger partial charge in [0.2, 0.25) is 0 Å². The maximum absolute atomic E-state index is 11.4. The molecule has 0 fully saturated rings. The molecule has 0 aliphatic carbocycles. The van der Waals surface area contributed by atoms with E-state index in [1.807, 2.05) is 31.2 Å². The summed E-state index contributed by atoms with van der Waals surface area (Å²) in [5.74, 6) is 0.305. The average molecular weight is 190 g/mol. The second-order valence-corrected chi connectivity index (χ2v) is 3.00. The molecule has 0 spiro atoms. The minimum atomic E-state index is -0.280. The molecule has 1 aromatic rings. The minimum absolute atomic E-state index is 0.280. The predicted molar refractivity (Wildman–Crippen MR) is 56.1 cm³/mol. The highest BCUT2D eigenvalue weighted by atomic mass is 16.5. The van der Waals surface area contributed by atoms with Gasteiger partial charge in [-0.15, -0.1) is 0 Å². The van der Waals surface area contributed by atoms with Crippen LogP contribution in [0.15, 0.2) is 42.0 Å². The van der Waals surface area contributed by atoms with E-state index in [9.17, 15) is 4.79 Å². The van der Waals surface area contributed by atoms with E-state index >= 15 is 0 Å². The highest BCUT2D eigenvalue weighted by Crippen LogP contribution is 2.10. The number of carbonyl (C=O) groups excluding carboxylic acids is 1. The van der Waals surface area contributed by atoms with Gasteiger partial charge in [0.1, 0.15) is 5.75 Å². The van der Waals surface area contributed by atoms with Crippen molar-refractivity contribution in [2.24, 2.45) is 0 Å². The fraction of sp³-hybridized carbons (Fsp3) is 0.250. The van der Waals surface area contributed by atoms with E-state index in [2.05, 4.69) is 0 Å². The molecule has 0 N–H and O–H groups in total. The van der Waals surface area contributed by atoms with Crippen LogP contribution in [0.2, 0.25) is 0 Å². The van der Waals surface area contributed by atoms with Gasteiger partial charge in [-0.3, -0.25) is 0 Å². The summed E-state index contributed by atoms with van der Waals surface area (Å²) in [4.78, 5) is 11.4. The Kier molecular flexibility index (Phi) is 3.92. The molecule has 0 aliphatic heterocycles. The number of benzene rings is 1. The molecule has 0 radical (unpaired) electrons. The molecule has 0 atom stereocenters. The monoisotopic (exact) mass is 190 g/mol. The third-order valence-corrected chi connectivity index (χ3v) is 1.79. The summed E-state index contributed by atoms with van der Waals surface area (Å²) in [5.41, 5.74) is 0.649. The maximum Gasteiger partial charge on any atom is 0.338 e. The number of hydrogen-bond donors (Lipinski definition) is 0. The Labute approximate surface area is 84.2 Å². The topological polar surface area (TPSA) is 26.3 Å². The lowest BCUT2D eigenvalue weighted by molar-refractivity contribution is -0.130. The van der Waals surface area contributed by atoms with Gasteiger partial charge < -0.3 is 4.74 Å². The summed E-state index contributed by atoms with van der Waals surface area (Å²) < 4.78 is 5.12. The summed E-state index contributed by atoms with van der Waals surface area (Å²) in [6, 6.07) is 9.07. The van der Waals surface area contributed by atoms with Crippen LogP contribution in [0.1, 0.15) is 20.3 Å². The lowest BCUT2D eigenvalue weighted by atomic mass is 10.2. The zero-order valence-electron chi connectivity index (χ0n) is 8.49. The maximum atomic E-state index is 11.4. The second-order valence-electron chi connectivity index (χ2n) is 3.00. The van der Waals surface area contributed by atoms with Crippen molar-refractivity contribution in [2.45, 2.75) is 20.3 Å². The molecule has 0 saturated carbocycles. The molecule has 0 saturated heterocycles. The predicted octanol–water partition coefficient (Wildman–Crippen LogP) is 2.95. The van der Waals surface area contributed by atoms with Crippen LogP contribution in [-0.4, -0.2) is 5.97 Å². The number of carbonyl (C=O) groups is 1. The van der Waals surface area contributed by atoms with Crippen molar-refractivity contribution in [2.75, 3.05) is 0 Å². The van der Waals surface area contributed by atoms with Crippen LogP contribution in [0.25, 0.3) is 0 Å². The molecule has 0 amide bonds. The van der Waals surface area contributed by atoms with Crippen molar-refractivity contribution in [3.8, 4) is 5.75 Å². The normalized spacial score (nSPS) is 11.1. The summed E-state index contributed by atoms with van der Waals surface area (Å²) >= 11 is 0. The molecule has 14 heavy (non-hydrogen) atoms. The summed E-state index contributed by atoms with van der Waals surface area (Å²) in [6.07, 6.45) is 2.70. The number of rotatable bonds is 3. The Bertz CT molecular complexity index is 325. The third kappa shape index (κ3) is 3.05. The van der Waals surface area contributed by atoms with E-state index in [4.69, 9.17) is 4.74 Å². The van der Waals surface area contributed by atoms with Gasteiger partial charge in [-0.2, -0.15) is 0 Å². The first kappa shape index (κ1) is 10.5. The summed E-state index contributed by atoms with van der Waals surface area (Å²) in [7, 11) is 0. The molecule has 1 aromatic carbocycles. The van der Waals surface area contributed by atoms with Crippen LogP contribution in [0.5, 0.6) is 5.75 Å². The van der Waals surface area contributed by atoms with Crippen LogP contribution in [-0.2, 0) is 4.79 Å². The quantitative estimate of drug-likeness (QED) is 0.416. The van der Waals surface area contributed by atoms with Gasteiger partial charge in [0.05, 0.1) is 0 Å². The largest absolute Gasteiger partial charge is 0.423 e. The third-order valence-electron chi connectivity index (χ3n) is 1.79. The van der Waals surface area contributed by atoms with Crippen molar-refractivity contribution < 1.29 is 9.53 Å². The highest BCUT2D eigenvalue weighted by molar-refractivity contribution is 5.89. The fourth-order valence-electron chi connectivity index (χ4n) is 1.07. The Morgan fingerprint density at radius 2 is 2.00 bits per heavy atom. The van der Waals surface area contributed by atoms with Crippen molar-refractivity contribution in [1.29, 1.82) is 0 Å². The Morgan fingerprint density at radius 1 is 1.36 bits per heavy atom. The van der Waals surface area contributed by atoms with E-state index in [-0.39, 0.29) is 5.97 Å². The molecule has 2 nitrogen and oxygen atoms in total. The van der Waals surface area contributed by atoms with E-state index in [1.54, 1.807) is 19.1 Å². The van der Waals surface area contributed by atoms with Gasteiger partial charge in [0, 0.05) is 5.57 Å². The van der Waals surface area contributed by atoms with E-state index < -0.39 is 0 Å². The number of allylic oxidation sites excluding steroid dienone is 1. The van der Waals surface area contributed by atoms with Crippen LogP contribution in [0, 0.1) is 0 Å². The van der Waals surface area contributed by atoms with E-state index in [0.29, 0.717) is 11.3 Å². The van der Waals surface area contributed by atoms with E-state index in [0.717, 1.165) is 6.42 Å². The molecular formula is C12H14O2. The first-order valence-corrected chi connectivity index (χ1v) is 4.68. The van der Waals surface area contributed by atoms with Crippen molar-refractivity contribution in [3.63, 3.8) is 0 Å². The molecule has 0 bridgehead atoms. The smallest absolute Gasteiger partial charge is 0.338 e. The average Bonchev–Trinajstić information content (AvgIpc) is 2.19. The summed E-state index contributed by atoms with van der Waals surface area (Å²) in [6.45, 7) is 3.74. The van der Waals surface area contributed by atoms with Gasteiger partial charge in [0.15, 0.2) is 0 Å². The molecular weight excluding hydrogens is 176 g/mol. The first-order valence-electron chi connectivity index (χ1n) is 4.68. The molecule has 0 unspecified atom stereocenters. The molecule has 2 heteroatoms. The van der Waals surface area contributed by atoms with E-state index in [1.165, 1.54) is 0 Å². The fourth-order valence-corrected chi connectivity index (χ4v) is 1.07. The highest BCUT2D eigenvalue weighted by Gasteiger charge is 2.05. The molecule has 74 valence electrons. The van der Waals surface area contributed by atoms with Crippen LogP contribution in [0.4, 0.5) is 0 Å². The van der Waals surface area contributed by atoms with Gasteiger partial charge in [-0.1, -0.05) is 31.2 Å². The number of ether oxygens (including phenoxy) is 1. The molecule has 1 rings (SSSR count). The lowest BCUT2D eigenvalue weighted by Gasteiger charge is -2.03. The van der Waals surface area contributed by atoms with Crippen molar-refractivity contribution in [1.82, 2.24) is 0 Å². The SMILES string of the molecule is CCC=C(C)C(=O)Oc1ccccc1. The Hall–Kier alpha value is -1.57. The zero-order chi connectivity index (χ0) is 10.4. The van der Waals surface area contributed by atoms with Gasteiger partial charge in [-0.05, 0) is 25.5 Å². The molecule has 0 aliphatic rings. The zero-order valence-corrected chi connectivity index (χ0v) is 8.49. The number of esters is 1. The Morgan fingerprint density at radius 3 is 2.57 bits per heavy atom. The lowest BCUT2D eigenvalue weighted by Crippen LogP contribution is -2.08. The van der Waals surface area contributed by atoms with Gasteiger partial charge in [-0.25, -0.2) is 4.79 Å². The van der Waals surface area contributed by atoms with Crippen LogP contribution < -0.4 is 4.74 Å². The number of hydrogen-bond acceptors (Lipinski definition) is 2. The molecule has 0 heterocycles. The second kappa shape index (κ2) is 5.22. The number of para-hydroxylation sites is 1. The minimum Gasteiger partial charge on any atom is -0.423 e. The van der Waals surface area contributed by atoms with Gasteiger partial charge >= 0.3 is 5.97 Å². The van der Waals surface area contributed by atoms with Gasteiger partial charge in [0.25, 0.3) is 0 Å². The molecule has 0 aromatic heterocycles. The first-order chi connectivity index (χ1) is 6.74. The standard InChI is InChI=1S/C12H14O2/c1-3-7-10(2)12(13)14-11-8-5-4-6-9-11/h4-9H,3H2,1-2H3. The van der Waals surface area contributed by atoms with Crippen LogP contribution >= 0.6 is 0 Å². The summed E-state index contributed by atoms with van der Waals surface area (Å²) in [5, 5.41) is 0. The van der Waals surface area contributed by atoms with Crippen molar-refractivity contribution in [3.05, 3.63) is 42.0 Å². The Balaban J connectivity index is 2.62. The van der Waals surface area contributed by atoms with Crippen molar-refractivity contribution >= 4 is 5.97 Å². The van der Waals surface area contributed by atoms with Crippen LogP contribution in [0.3, 0.4) is 0 Å².